The summed E-state index contributed by atoms with van der Waals surface area (Å²) in [6.07, 6.45) is 0. The van der Waals surface area contributed by atoms with E-state index in [1.165, 1.54) is 19.1 Å². The largest absolute Gasteiger partial charge is 0.504 e. The number of pyridine rings is 1. The number of carbonyl (C=O) groups is 2. The Morgan fingerprint density at radius 3 is 2.36 bits per heavy atom. The van der Waals surface area contributed by atoms with E-state index in [0.717, 1.165) is 5.69 Å². The molecule has 11 nitrogen and oxygen atoms in total. The molecule has 3 heterocycles. The van der Waals surface area contributed by atoms with Crippen molar-refractivity contribution in [1.82, 2.24) is 19.9 Å². The summed E-state index contributed by atoms with van der Waals surface area (Å²) < 4.78 is 0. The summed E-state index contributed by atoms with van der Waals surface area (Å²) in [6, 6.07) is 17.6. The number of anilines is 3. The van der Waals surface area contributed by atoms with Crippen LogP contribution < -0.4 is 15.1 Å². The number of rotatable bonds is 6. The third kappa shape index (κ3) is 5.73. The Morgan fingerprint density at radius 2 is 1.67 bits per heavy atom. The summed E-state index contributed by atoms with van der Waals surface area (Å²) in [5.74, 6) is 0.0315. The zero-order valence-electron chi connectivity index (χ0n) is 21.7. The first-order valence-electron chi connectivity index (χ1n) is 12.6. The van der Waals surface area contributed by atoms with Gasteiger partial charge in [0.2, 0.25) is 17.8 Å². The van der Waals surface area contributed by atoms with Crippen LogP contribution in [-0.4, -0.2) is 81.7 Å². The van der Waals surface area contributed by atoms with Crippen LogP contribution in [0.3, 0.4) is 0 Å². The Hall–Kier alpha value is -4.77. The molecular weight excluding hydrogens is 498 g/mol. The third-order valence-electron chi connectivity index (χ3n) is 6.63. The number of carbonyl (C=O) groups excluding carboxylic acids is 2. The van der Waals surface area contributed by atoms with Gasteiger partial charge in [0, 0.05) is 51.4 Å². The van der Waals surface area contributed by atoms with Gasteiger partial charge in [-0.1, -0.05) is 18.2 Å². The number of fused-ring (bicyclic) bond motifs is 1. The van der Waals surface area contributed by atoms with Crippen LogP contribution in [0.5, 0.6) is 11.5 Å². The van der Waals surface area contributed by atoms with Crippen molar-refractivity contribution in [1.29, 1.82) is 0 Å². The van der Waals surface area contributed by atoms with E-state index in [0.29, 0.717) is 60.8 Å². The number of hydrogen-bond donors (Lipinski definition) is 3. The lowest BCUT2D eigenvalue weighted by atomic mass is 10.1. The van der Waals surface area contributed by atoms with Crippen molar-refractivity contribution < 1.29 is 19.8 Å². The number of nitrogens with zero attached hydrogens (tertiary/aromatic N) is 6. The predicted octanol–water partition coefficient (Wildman–Crippen LogP) is 2.85. The molecule has 5 rings (SSSR count). The smallest absolute Gasteiger partial charge is 0.240 e. The molecule has 11 heteroatoms. The van der Waals surface area contributed by atoms with E-state index in [-0.39, 0.29) is 29.3 Å². The average molecular weight is 528 g/mol. The topological polar surface area (TPSA) is 135 Å². The molecule has 1 saturated heterocycles. The van der Waals surface area contributed by atoms with Crippen molar-refractivity contribution in [2.45, 2.75) is 6.92 Å². The Kier molecular flexibility index (Phi) is 7.24. The number of piperazine rings is 1. The highest BCUT2D eigenvalue weighted by molar-refractivity contribution is 5.94. The van der Waals surface area contributed by atoms with Crippen molar-refractivity contribution in [2.24, 2.45) is 0 Å². The monoisotopic (exact) mass is 527 g/mol. The molecule has 0 spiro atoms. The number of benzene rings is 2. The van der Waals surface area contributed by atoms with E-state index >= 15 is 0 Å². The molecule has 2 aromatic heterocycles. The lowest BCUT2D eigenvalue weighted by Gasteiger charge is -2.36. The van der Waals surface area contributed by atoms with Crippen molar-refractivity contribution >= 4 is 40.3 Å². The molecule has 4 aromatic rings. The van der Waals surface area contributed by atoms with Crippen molar-refractivity contribution in [3.8, 4) is 22.8 Å². The Balaban J connectivity index is 1.38. The first kappa shape index (κ1) is 25.9. The molecule has 2 aromatic carbocycles. The minimum atomic E-state index is -0.282. The summed E-state index contributed by atoms with van der Waals surface area (Å²) in [6.45, 7) is 4.17. The van der Waals surface area contributed by atoms with Crippen LogP contribution in [0, 0.1) is 0 Å². The Labute approximate surface area is 225 Å². The molecule has 0 saturated carbocycles. The Morgan fingerprint density at radius 1 is 0.923 bits per heavy atom. The van der Waals surface area contributed by atoms with Crippen LogP contribution in [0.1, 0.15) is 6.92 Å². The van der Waals surface area contributed by atoms with Crippen LogP contribution in [0.25, 0.3) is 22.3 Å². The number of amides is 2. The second-order valence-corrected chi connectivity index (χ2v) is 9.37. The van der Waals surface area contributed by atoms with Crippen LogP contribution in [0.15, 0.2) is 60.7 Å². The molecular formula is C28H29N7O4. The molecule has 2 amide bonds. The second-order valence-electron chi connectivity index (χ2n) is 9.37. The lowest BCUT2D eigenvalue weighted by Crippen LogP contribution is -2.50. The molecule has 0 aliphatic carbocycles. The molecule has 39 heavy (non-hydrogen) atoms. The Bertz CT molecular complexity index is 1520. The predicted molar refractivity (Wildman–Crippen MR) is 149 cm³/mol. The average Bonchev–Trinajstić information content (AvgIpc) is 2.94. The maximum Gasteiger partial charge on any atom is 0.240 e. The van der Waals surface area contributed by atoms with Gasteiger partial charge in [-0.25, -0.2) is 9.97 Å². The fraction of sp³-hybridized carbons (Fsp3) is 0.250. The molecule has 0 unspecified atom stereocenters. The second kappa shape index (κ2) is 10.9. The SMILES string of the molecule is CC(=O)Nc1nc(N2CCN(CC(=O)N(C)c3ccccc3)CC2)c2nc(-c3ccc(O)c(O)c3)ccc2n1. The minimum absolute atomic E-state index is 0.0125. The first-order chi connectivity index (χ1) is 18.8. The summed E-state index contributed by atoms with van der Waals surface area (Å²) in [4.78, 5) is 44.3. The number of aromatic hydroxyl groups is 2. The van der Waals surface area contributed by atoms with Crippen LogP contribution in [-0.2, 0) is 9.59 Å². The maximum atomic E-state index is 12.9. The van der Waals surface area contributed by atoms with Gasteiger partial charge < -0.3 is 20.0 Å². The molecule has 1 aliphatic rings. The van der Waals surface area contributed by atoms with E-state index in [1.807, 2.05) is 30.3 Å². The third-order valence-corrected chi connectivity index (χ3v) is 6.63. The summed E-state index contributed by atoms with van der Waals surface area (Å²) >= 11 is 0. The van der Waals surface area contributed by atoms with E-state index < -0.39 is 0 Å². The van der Waals surface area contributed by atoms with Gasteiger partial charge in [0.05, 0.1) is 17.8 Å². The van der Waals surface area contributed by atoms with Crippen LogP contribution in [0.2, 0.25) is 0 Å². The van der Waals surface area contributed by atoms with Gasteiger partial charge in [0.1, 0.15) is 5.52 Å². The molecule has 200 valence electrons. The number of hydrogen-bond acceptors (Lipinski definition) is 9. The lowest BCUT2D eigenvalue weighted by molar-refractivity contribution is -0.119. The van der Waals surface area contributed by atoms with Gasteiger partial charge in [0.15, 0.2) is 17.3 Å². The highest BCUT2D eigenvalue weighted by atomic mass is 16.3. The zero-order valence-corrected chi connectivity index (χ0v) is 21.7. The number of aromatic nitrogens is 3. The molecule has 0 atom stereocenters. The van der Waals surface area contributed by atoms with E-state index in [9.17, 15) is 19.8 Å². The standard InChI is InChI=1S/C28H29N7O4/c1-18(36)29-28-31-22-10-9-21(19-8-11-23(37)24(38)16-19)30-26(22)27(32-28)35-14-12-34(13-15-35)17-25(39)33(2)20-6-4-3-5-7-20/h3-11,16,37-38H,12-15,17H2,1-2H3,(H,29,31,32,36). The summed E-state index contributed by atoms with van der Waals surface area (Å²) in [7, 11) is 1.78. The van der Waals surface area contributed by atoms with E-state index in [4.69, 9.17) is 4.98 Å². The highest BCUT2D eigenvalue weighted by Gasteiger charge is 2.24. The van der Waals surface area contributed by atoms with Crippen molar-refractivity contribution in [2.75, 3.05) is 54.9 Å². The fourth-order valence-corrected chi connectivity index (χ4v) is 4.49. The summed E-state index contributed by atoms with van der Waals surface area (Å²) in [5, 5.41) is 22.3. The summed E-state index contributed by atoms with van der Waals surface area (Å²) in [5.41, 5.74) is 3.14. The van der Waals surface area contributed by atoms with Gasteiger partial charge in [-0.05, 0) is 42.5 Å². The molecule has 1 aliphatic heterocycles. The quantitative estimate of drug-likeness (QED) is 0.324. The maximum absolute atomic E-state index is 12.9. The van der Waals surface area contributed by atoms with Gasteiger partial charge in [-0.2, -0.15) is 4.98 Å². The molecule has 0 radical (unpaired) electrons. The van der Waals surface area contributed by atoms with Crippen LogP contribution in [0.4, 0.5) is 17.5 Å². The number of phenolic OH excluding ortho intramolecular Hbond substituents is 2. The van der Waals surface area contributed by atoms with Crippen molar-refractivity contribution in [3.05, 3.63) is 60.7 Å². The first-order valence-corrected chi connectivity index (χ1v) is 12.6. The fourth-order valence-electron chi connectivity index (χ4n) is 4.49. The van der Waals surface area contributed by atoms with Crippen LogP contribution >= 0.6 is 0 Å². The van der Waals surface area contributed by atoms with Crippen molar-refractivity contribution in [3.63, 3.8) is 0 Å². The van der Waals surface area contributed by atoms with E-state index in [1.54, 1.807) is 30.1 Å². The minimum Gasteiger partial charge on any atom is -0.504 e. The number of likely N-dealkylation sites (N-methyl/N-ethyl adjacent to an activating group) is 1. The zero-order chi connectivity index (χ0) is 27.5. The van der Waals surface area contributed by atoms with Gasteiger partial charge in [0.25, 0.3) is 0 Å². The van der Waals surface area contributed by atoms with Gasteiger partial charge in [-0.3, -0.25) is 19.8 Å². The molecule has 1 fully saturated rings. The molecule has 0 bridgehead atoms. The number of para-hydroxylation sites is 1. The number of phenols is 2. The molecule has 3 N–H and O–H groups in total. The van der Waals surface area contributed by atoms with E-state index in [2.05, 4.69) is 25.1 Å². The van der Waals surface area contributed by atoms with Gasteiger partial charge >= 0.3 is 0 Å². The highest BCUT2D eigenvalue weighted by Crippen LogP contribution is 2.32. The normalized spacial score (nSPS) is 13.8. The van der Waals surface area contributed by atoms with Gasteiger partial charge in [-0.15, -0.1) is 0 Å². The number of nitrogens with one attached hydrogen (secondary N) is 1.